The number of carbonyl (C=O) groups excluding carboxylic acids is 2. The predicted molar refractivity (Wildman–Crippen MR) is 162 cm³/mol. The summed E-state index contributed by atoms with van der Waals surface area (Å²) in [6, 6.07) is 19.1. The second kappa shape index (κ2) is 13.5. The Balaban J connectivity index is 1.27. The first-order chi connectivity index (χ1) is 20.7. The van der Waals surface area contributed by atoms with E-state index in [1.807, 2.05) is 31.2 Å². The zero-order valence-electron chi connectivity index (χ0n) is 23.5. The number of sulfonamides is 1. The molecule has 0 saturated carbocycles. The van der Waals surface area contributed by atoms with Gasteiger partial charge in [0, 0.05) is 30.0 Å². The highest BCUT2D eigenvalue weighted by Crippen LogP contribution is 2.24. The Morgan fingerprint density at radius 1 is 0.953 bits per heavy atom. The summed E-state index contributed by atoms with van der Waals surface area (Å²) in [7, 11) is -3.59. The van der Waals surface area contributed by atoms with Crippen LogP contribution in [0.3, 0.4) is 0 Å². The van der Waals surface area contributed by atoms with Crippen molar-refractivity contribution in [2.24, 2.45) is 0 Å². The summed E-state index contributed by atoms with van der Waals surface area (Å²) in [5.41, 5.74) is 2.56. The Morgan fingerprint density at radius 2 is 1.67 bits per heavy atom. The molecular formula is C30H31FN6O4S2. The lowest BCUT2D eigenvalue weighted by molar-refractivity contribution is -0.113. The van der Waals surface area contributed by atoms with Crippen LogP contribution in [0.25, 0.3) is 5.69 Å². The number of nitrogens with zero attached hydrogens (tertiary/aromatic N) is 4. The summed E-state index contributed by atoms with van der Waals surface area (Å²) in [6.07, 6.45) is 2.71. The van der Waals surface area contributed by atoms with Crippen molar-refractivity contribution in [1.29, 1.82) is 0 Å². The first kappa shape index (κ1) is 30.4. The number of rotatable bonds is 10. The van der Waals surface area contributed by atoms with Crippen LogP contribution in [0, 0.1) is 12.7 Å². The molecule has 0 spiro atoms. The van der Waals surface area contributed by atoms with E-state index in [0.717, 1.165) is 30.5 Å². The Hall–Kier alpha value is -4.07. The molecule has 0 unspecified atom stereocenters. The first-order valence-corrected chi connectivity index (χ1v) is 16.2. The fourth-order valence-corrected chi connectivity index (χ4v) is 6.98. The number of amides is 2. The number of halogens is 1. The van der Waals surface area contributed by atoms with Crippen LogP contribution < -0.4 is 10.6 Å². The minimum Gasteiger partial charge on any atom is -0.345 e. The molecule has 1 saturated heterocycles. The van der Waals surface area contributed by atoms with Crippen molar-refractivity contribution < 1.29 is 22.4 Å². The number of anilines is 1. The van der Waals surface area contributed by atoms with Crippen LogP contribution in [0.1, 0.15) is 41.0 Å². The van der Waals surface area contributed by atoms with Gasteiger partial charge in [0.2, 0.25) is 15.9 Å². The SMILES string of the molecule is Cc1cccc(-n2c(CNC(=O)c3ccc(S(=O)(=O)N4CCCCC4)cc3)nnc2SCC(=O)Nc2ccc(F)cc2)c1. The molecule has 4 aromatic rings. The molecule has 13 heteroatoms. The smallest absolute Gasteiger partial charge is 0.251 e. The minimum absolute atomic E-state index is 0.0281. The zero-order chi connectivity index (χ0) is 30.4. The van der Waals surface area contributed by atoms with Gasteiger partial charge in [-0.1, -0.05) is 30.3 Å². The normalized spacial score (nSPS) is 13.9. The Kier molecular flexibility index (Phi) is 9.53. The molecule has 224 valence electrons. The molecule has 2 heterocycles. The molecule has 0 atom stereocenters. The molecule has 5 rings (SSSR count). The average molecular weight is 623 g/mol. The van der Waals surface area contributed by atoms with E-state index in [-0.39, 0.29) is 23.1 Å². The largest absolute Gasteiger partial charge is 0.345 e. The number of carbonyl (C=O) groups is 2. The van der Waals surface area contributed by atoms with Gasteiger partial charge in [0.25, 0.3) is 5.91 Å². The molecule has 1 fully saturated rings. The van der Waals surface area contributed by atoms with Crippen LogP contribution in [0.4, 0.5) is 10.1 Å². The number of benzene rings is 3. The van der Waals surface area contributed by atoms with Gasteiger partial charge in [-0.3, -0.25) is 14.2 Å². The molecule has 0 aliphatic carbocycles. The summed E-state index contributed by atoms with van der Waals surface area (Å²) >= 11 is 1.17. The third-order valence-corrected chi connectivity index (χ3v) is 9.74. The second-order valence-corrected chi connectivity index (χ2v) is 13.0. The van der Waals surface area contributed by atoms with Gasteiger partial charge in [-0.2, -0.15) is 4.31 Å². The van der Waals surface area contributed by atoms with Crippen molar-refractivity contribution in [3.05, 3.63) is 95.6 Å². The van der Waals surface area contributed by atoms with Gasteiger partial charge in [-0.25, -0.2) is 12.8 Å². The Morgan fingerprint density at radius 3 is 2.37 bits per heavy atom. The Labute approximate surface area is 253 Å². The fraction of sp³-hybridized carbons (Fsp3) is 0.267. The highest BCUT2D eigenvalue weighted by atomic mass is 32.2. The molecule has 0 radical (unpaired) electrons. The predicted octanol–water partition coefficient (Wildman–Crippen LogP) is 4.55. The van der Waals surface area contributed by atoms with E-state index in [2.05, 4.69) is 20.8 Å². The number of piperidine rings is 1. The quantitative estimate of drug-likeness (QED) is 0.249. The number of aryl methyl sites for hydroxylation is 1. The molecule has 10 nitrogen and oxygen atoms in total. The van der Waals surface area contributed by atoms with Crippen molar-refractivity contribution in [3.63, 3.8) is 0 Å². The van der Waals surface area contributed by atoms with E-state index in [0.29, 0.717) is 35.3 Å². The Bertz CT molecular complexity index is 1700. The van der Waals surface area contributed by atoms with Gasteiger partial charge in [-0.15, -0.1) is 10.2 Å². The van der Waals surface area contributed by atoms with Crippen molar-refractivity contribution in [3.8, 4) is 5.69 Å². The lowest BCUT2D eigenvalue weighted by atomic mass is 10.2. The lowest BCUT2D eigenvalue weighted by Crippen LogP contribution is -2.35. The second-order valence-electron chi connectivity index (χ2n) is 10.1. The summed E-state index contributed by atoms with van der Waals surface area (Å²) in [4.78, 5) is 25.7. The molecule has 3 aromatic carbocycles. The van der Waals surface area contributed by atoms with Crippen molar-refractivity contribution >= 4 is 39.3 Å². The van der Waals surface area contributed by atoms with Gasteiger partial charge in [0.05, 0.1) is 17.2 Å². The minimum atomic E-state index is -3.59. The number of hydrogen-bond donors (Lipinski definition) is 2. The van der Waals surface area contributed by atoms with Crippen LogP contribution in [0.5, 0.6) is 0 Å². The monoisotopic (exact) mass is 622 g/mol. The number of aromatic nitrogens is 3. The third kappa shape index (κ3) is 7.48. The molecule has 1 aliphatic rings. The first-order valence-electron chi connectivity index (χ1n) is 13.8. The number of thioether (sulfide) groups is 1. The molecule has 0 bridgehead atoms. The lowest BCUT2D eigenvalue weighted by Gasteiger charge is -2.25. The zero-order valence-corrected chi connectivity index (χ0v) is 25.1. The molecule has 2 N–H and O–H groups in total. The average Bonchev–Trinajstić information content (AvgIpc) is 3.43. The third-order valence-electron chi connectivity index (χ3n) is 6.90. The molecular weight excluding hydrogens is 592 g/mol. The maximum Gasteiger partial charge on any atom is 0.251 e. The van der Waals surface area contributed by atoms with Crippen LogP contribution in [0.2, 0.25) is 0 Å². The van der Waals surface area contributed by atoms with E-state index < -0.39 is 21.7 Å². The van der Waals surface area contributed by atoms with Crippen LogP contribution in [-0.4, -0.2) is 58.1 Å². The molecule has 1 aromatic heterocycles. The van der Waals surface area contributed by atoms with Crippen molar-refractivity contribution in [2.75, 3.05) is 24.2 Å². The summed E-state index contributed by atoms with van der Waals surface area (Å²) in [5, 5.41) is 14.6. The molecule has 43 heavy (non-hydrogen) atoms. The van der Waals surface area contributed by atoms with Gasteiger partial charge in [0.15, 0.2) is 11.0 Å². The number of hydrogen-bond acceptors (Lipinski definition) is 7. The van der Waals surface area contributed by atoms with Gasteiger partial charge in [0.1, 0.15) is 5.82 Å². The van der Waals surface area contributed by atoms with Gasteiger partial charge >= 0.3 is 0 Å². The molecule has 1 aliphatic heterocycles. The van der Waals surface area contributed by atoms with Gasteiger partial charge < -0.3 is 10.6 Å². The fourth-order valence-electron chi connectivity index (χ4n) is 4.69. The van der Waals surface area contributed by atoms with Crippen LogP contribution in [-0.2, 0) is 21.4 Å². The van der Waals surface area contributed by atoms with E-state index in [1.165, 1.54) is 64.6 Å². The van der Waals surface area contributed by atoms with Crippen molar-refractivity contribution in [1.82, 2.24) is 24.4 Å². The molecule has 2 amide bonds. The summed E-state index contributed by atoms with van der Waals surface area (Å²) in [6.45, 7) is 3.00. The van der Waals surface area contributed by atoms with Crippen LogP contribution in [0.15, 0.2) is 82.8 Å². The summed E-state index contributed by atoms with van der Waals surface area (Å²) < 4.78 is 42.3. The maximum atomic E-state index is 13.2. The van der Waals surface area contributed by atoms with Crippen LogP contribution >= 0.6 is 11.8 Å². The maximum absolute atomic E-state index is 13.2. The standard InChI is InChI=1S/C30H31FN6O4S2/c1-21-6-5-7-25(18-21)37-27(34-35-30(37)42-20-28(38)33-24-12-10-23(31)11-13-24)19-32-29(39)22-8-14-26(15-9-22)43(40,41)36-16-3-2-4-17-36/h5-15,18H,2-4,16-17,19-20H2,1H3,(H,32,39)(H,33,38). The van der Waals surface area contributed by atoms with Gasteiger partial charge in [-0.05, 0) is 86.0 Å². The summed E-state index contributed by atoms with van der Waals surface area (Å²) in [5.74, 6) is -0.606. The number of nitrogens with one attached hydrogen (secondary N) is 2. The highest BCUT2D eigenvalue weighted by molar-refractivity contribution is 7.99. The van der Waals surface area contributed by atoms with E-state index >= 15 is 0 Å². The van der Waals surface area contributed by atoms with E-state index in [9.17, 15) is 22.4 Å². The topological polar surface area (TPSA) is 126 Å². The highest BCUT2D eigenvalue weighted by Gasteiger charge is 2.26. The van der Waals surface area contributed by atoms with E-state index in [4.69, 9.17) is 0 Å². The van der Waals surface area contributed by atoms with E-state index in [1.54, 1.807) is 4.57 Å². The van der Waals surface area contributed by atoms with Crippen molar-refractivity contribution in [2.45, 2.75) is 42.8 Å².